The van der Waals surface area contributed by atoms with Gasteiger partial charge in [0.2, 0.25) is 5.88 Å². The Balaban J connectivity index is 1.05. The summed E-state index contributed by atoms with van der Waals surface area (Å²) in [5.74, 6) is 1.21. The van der Waals surface area contributed by atoms with E-state index in [1.807, 2.05) is 43.3 Å². The van der Waals surface area contributed by atoms with Crippen LogP contribution in [-0.4, -0.2) is 56.3 Å². The second-order valence-corrected chi connectivity index (χ2v) is 12.1. The highest BCUT2D eigenvalue weighted by molar-refractivity contribution is 6.31. The van der Waals surface area contributed by atoms with Crippen molar-refractivity contribution >= 4 is 28.6 Å². The summed E-state index contributed by atoms with van der Waals surface area (Å²) in [6, 6.07) is 17.3. The van der Waals surface area contributed by atoms with Crippen LogP contribution in [0.25, 0.3) is 11.0 Å². The molecule has 41 heavy (non-hydrogen) atoms. The first kappa shape index (κ1) is 26.4. The van der Waals surface area contributed by atoms with Crippen LogP contribution in [0.1, 0.15) is 52.3 Å². The minimum absolute atomic E-state index is 0.105. The monoisotopic (exact) mass is 572 g/mol. The molecule has 2 saturated heterocycles. The second-order valence-electron chi connectivity index (χ2n) is 11.7. The summed E-state index contributed by atoms with van der Waals surface area (Å²) < 4.78 is 13.9. The molecule has 9 heteroatoms. The molecule has 4 heterocycles. The molecule has 0 spiro atoms. The van der Waals surface area contributed by atoms with Crippen molar-refractivity contribution in [1.29, 1.82) is 0 Å². The molecular weight excluding hydrogens is 540 g/mol. The van der Waals surface area contributed by atoms with Crippen LogP contribution in [-0.2, 0) is 29.8 Å². The molecular formula is C32H33ClN4O4. The van der Waals surface area contributed by atoms with Crippen molar-refractivity contribution in [1.82, 2.24) is 19.4 Å². The zero-order valence-electron chi connectivity index (χ0n) is 23.1. The molecule has 0 unspecified atom stereocenters. The van der Waals surface area contributed by atoms with Crippen LogP contribution >= 0.6 is 11.6 Å². The zero-order valence-corrected chi connectivity index (χ0v) is 23.8. The second kappa shape index (κ2) is 10.4. The third-order valence-electron chi connectivity index (χ3n) is 9.02. The van der Waals surface area contributed by atoms with Crippen LogP contribution in [0.5, 0.6) is 5.88 Å². The highest BCUT2D eigenvalue weighted by Crippen LogP contribution is 2.59. The largest absolute Gasteiger partial charge is 0.478 e. The predicted molar refractivity (Wildman–Crippen MR) is 155 cm³/mol. The minimum Gasteiger partial charge on any atom is -0.478 e. The van der Waals surface area contributed by atoms with Gasteiger partial charge in [0.25, 0.3) is 0 Å². The number of ether oxygens (including phenoxy) is 2. The maximum atomic E-state index is 11.6. The Hall–Kier alpha value is -3.46. The van der Waals surface area contributed by atoms with Crippen molar-refractivity contribution in [2.24, 2.45) is 5.92 Å². The summed E-state index contributed by atoms with van der Waals surface area (Å²) in [6.45, 7) is 6.55. The molecule has 2 aliphatic heterocycles. The Morgan fingerprint density at radius 1 is 1.20 bits per heavy atom. The number of aromatic carboxylic acids is 1. The normalized spacial score (nSPS) is 23.7. The van der Waals surface area contributed by atoms with E-state index >= 15 is 0 Å². The predicted octanol–water partition coefficient (Wildman–Crippen LogP) is 5.62. The minimum atomic E-state index is -0.927. The maximum Gasteiger partial charge on any atom is 0.335 e. The number of carboxylic acid groups (broad SMARTS) is 1. The third-order valence-corrected chi connectivity index (χ3v) is 9.37. The number of hydrogen-bond donors (Lipinski definition) is 1. The molecule has 2 aromatic heterocycles. The lowest BCUT2D eigenvalue weighted by atomic mass is 9.91. The fourth-order valence-electron chi connectivity index (χ4n) is 6.43. The van der Waals surface area contributed by atoms with Crippen LogP contribution in [0, 0.1) is 12.8 Å². The van der Waals surface area contributed by atoms with Crippen molar-refractivity contribution in [2.45, 2.75) is 57.4 Å². The number of hydrogen-bond acceptors (Lipinski definition) is 6. The number of aromatic nitrogens is 3. The lowest BCUT2D eigenvalue weighted by Gasteiger charge is -2.32. The molecule has 1 N–H and O–H groups in total. The van der Waals surface area contributed by atoms with E-state index in [2.05, 4.69) is 15.5 Å². The molecule has 0 radical (unpaired) electrons. The van der Waals surface area contributed by atoms with E-state index < -0.39 is 5.97 Å². The van der Waals surface area contributed by atoms with Gasteiger partial charge >= 0.3 is 5.97 Å². The van der Waals surface area contributed by atoms with Gasteiger partial charge in [0.15, 0.2) is 0 Å². The molecule has 4 aromatic rings. The van der Waals surface area contributed by atoms with E-state index in [-0.39, 0.29) is 17.1 Å². The van der Waals surface area contributed by atoms with Gasteiger partial charge in [-0.05, 0) is 74.5 Å². The third kappa shape index (κ3) is 5.09. The molecule has 3 aliphatic rings. The molecule has 1 aliphatic carbocycles. The summed E-state index contributed by atoms with van der Waals surface area (Å²) in [5, 5.41) is 10.2. The summed E-state index contributed by atoms with van der Waals surface area (Å²) in [5.41, 5.74) is 5.27. The summed E-state index contributed by atoms with van der Waals surface area (Å²) in [4.78, 5) is 24.0. The van der Waals surface area contributed by atoms with Gasteiger partial charge in [0.1, 0.15) is 12.4 Å². The van der Waals surface area contributed by atoms with Crippen molar-refractivity contribution < 1.29 is 19.4 Å². The number of imidazole rings is 1. The molecule has 3 fully saturated rings. The first-order valence-electron chi connectivity index (χ1n) is 14.3. The molecule has 8 nitrogen and oxygen atoms in total. The quantitative estimate of drug-likeness (QED) is 0.278. The number of halogens is 1. The highest BCUT2D eigenvalue weighted by atomic mass is 35.5. The average Bonchev–Trinajstić information content (AvgIpc) is 3.58. The Bertz CT molecular complexity index is 1630. The van der Waals surface area contributed by atoms with Crippen molar-refractivity contribution in [3.8, 4) is 5.88 Å². The fourth-order valence-corrected chi connectivity index (χ4v) is 6.72. The Labute approximate surface area is 243 Å². The molecule has 3 atom stereocenters. The number of rotatable bonds is 9. The molecule has 0 amide bonds. The first-order valence-corrected chi connectivity index (χ1v) is 14.7. The maximum absolute atomic E-state index is 11.6. The Morgan fingerprint density at radius 3 is 2.83 bits per heavy atom. The van der Waals surface area contributed by atoms with Crippen LogP contribution < -0.4 is 4.74 Å². The van der Waals surface area contributed by atoms with Gasteiger partial charge in [-0.3, -0.25) is 4.90 Å². The van der Waals surface area contributed by atoms with Crippen molar-refractivity contribution in [2.75, 3.05) is 19.7 Å². The van der Waals surface area contributed by atoms with Gasteiger partial charge in [0.05, 0.1) is 41.5 Å². The standard InChI is InChI=1S/C32H33ClN4O4/c1-20-5-6-22(25(33)13-20)19-41-30-4-2-3-28(35-30)32-10-11-36(16-23(32)15-32)18-29-34-26-8-7-21(31(38)39)14-27(26)37(29)17-24-9-12-40-24/h2-8,13-14,23-24H,9-12,15-19H2,1H3,(H,38,39)/t23-,24+,32+/m1/s1. The first-order chi connectivity index (χ1) is 19.9. The molecule has 7 rings (SSSR count). The van der Waals surface area contributed by atoms with Gasteiger partial charge in [-0.1, -0.05) is 29.8 Å². The van der Waals surface area contributed by atoms with Crippen molar-refractivity contribution in [3.05, 3.63) is 87.8 Å². The fraction of sp³-hybridized carbons (Fsp3) is 0.406. The lowest BCUT2D eigenvalue weighted by Crippen LogP contribution is -2.37. The Morgan fingerprint density at radius 2 is 2.07 bits per heavy atom. The Kier molecular flexibility index (Phi) is 6.72. The molecule has 2 aromatic carbocycles. The number of fused-ring (bicyclic) bond motifs is 2. The van der Waals surface area contributed by atoms with Gasteiger partial charge in [-0.15, -0.1) is 0 Å². The number of carboxylic acids is 1. The SMILES string of the molecule is Cc1ccc(COc2cccc([C@]34CCN(Cc5nc6ccc(C(=O)O)cc6n5C[C@@H]5CCO5)C[C@H]3C4)n2)c(Cl)c1. The highest BCUT2D eigenvalue weighted by Gasteiger charge is 2.58. The number of pyridine rings is 1. The van der Waals surface area contributed by atoms with Crippen LogP contribution in [0.3, 0.4) is 0 Å². The number of benzene rings is 2. The average molecular weight is 573 g/mol. The van der Waals surface area contributed by atoms with Gasteiger partial charge in [-0.2, -0.15) is 0 Å². The van der Waals surface area contributed by atoms with Crippen molar-refractivity contribution in [3.63, 3.8) is 0 Å². The molecule has 0 bridgehead atoms. The lowest BCUT2D eigenvalue weighted by molar-refractivity contribution is -0.0592. The van der Waals surface area contributed by atoms with Crippen LogP contribution in [0.2, 0.25) is 5.02 Å². The molecule has 1 saturated carbocycles. The smallest absolute Gasteiger partial charge is 0.335 e. The number of carbonyl (C=O) groups is 1. The summed E-state index contributed by atoms with van der Waals surface area (Å²) in [6.07, 6.45) is 3.32. The van der Waals surface area contributed by atoms with Crippen LogP contribution in [0.15, 0.2) is 54.6 Å². The van der Waals surface area contributed by atoms with Crippen LogP contribution in [0.4, 0.5) is 0 Å². The number of likely N-dealkylation sites (tertiary alicyclic amines) is 1. The van der Waals surface area contributed by atoms with E-state index in [0.29, 0.717) is 30.0 Å². The number of nitrogens with zero attached hydrogens (tertiary/aromatic N) is 4. The topological polar surface area (TPSA) is 89.7 Å². The van der Waals surface area contributed by atoms with E-state index in [0.717, 1.165) is 79.2 Å². The number of piperidine rings is 1. The van der Waals surface area contributed by atoms with E-state index in [9.17, 15) is 9.90 Å². The summed E-state index contributed by atoms with van der Waals surface area (Å²) in [7, 11) is 0. The summed E-state index contributed by atoms with van der Waals surface area (Å²) >= 11 is 6.40. The van der Waals surface area contributed by atoms with Gasteiger partial charge in [0, 0.05) is 35.2 Å². The van der Waals surface area contributed by atoms with Gasteiger partial charge < -0.3 is 19.1 Å². The molecule has 212 valence electrons. The van der Waals surface area contributed by atoms with E-state index in [4.69, 9.17) is 31.0 Å². The number of aryl methyl sites for hydroxylation is 1. The van der Waals surface area contributed by atoms with Gasteiger partial charge in [-0.25, -0.2) is 14.8 Å². The van der Waals surface area contributed by atoms with E-state index in [1.165, 1.54) is 0 Å². The van der Waals surface area contributed by atoms with E-state index in [1.54, 1.807) is 12.1 Å². The zero-order chi connectivity index (χ0) is 28.1.